The number of aryl methyl sites for hydroxylation is 1. The van der Waals surface area contributed by atoms with Crippen molar-refractivity contribution in [1.82, 2.24) is 9.38 Å². The lowest BCUT2D eigenvalue weighted by atomic mass is 10.1. The molecular formula is C17H17FN2O. The van der Waals surface area contributed by atoms with Gasteiger partial charge in [-0.15, -0.1) is 0 Å². The standard InChI is InChI=1S/C17H17FN2O/c1-11-3-5-13(6-4-11)9-15-17(12(2)21)20-10-14(18)7-8-16(20)19-15/h3-8,10,12,21H,9H2,1-2H3. The third-order valence-electron chi connectivity index (χ3n) is 3.58. The lowest BCUT2D eigenvalue weighted by molar-refractivity contribution is 0.192. The van der Waals surface area contributed by atoms with E-state index in [-0.39, 0.29) is 5.82 Å². The van der Waals surface area contributed by atoms with Gasteiger partial charge in [0.2, 0.25) is 0 Å². The van der Waals surface area contributed by atoms with E-state index in [0.29, 0.717) is 17.8 Å². The summed E-state index contributed by atoms with van der Waals surface area (Å²) in [5.74, 6) is -0.344. The van der Waals surface area contributed by atoms with E-state index >= 15 is 0 Å². The second kappa shape index (κ2) is 5.30. The van der Waals surface area contributed by atoms with E-state index in [0.717, 1.165) is 11.3 Å². The fraction of sp³-hybridized carbons (Fsp3) is 0.235. The second-order valence-corrected chi connectivity index (χ2v) is 5.36. The molecule has 1 atom stereocenters. The Bertz CT molecular complexity index is 775. The fourth-order valence-electron chi connectivity index (χ4n) is 2.56. The highest BCUT2D eigenvalue weighted by molar-refractivity contribution is 5.45. The van der Waals surface area contributed by atoms with Crippen LogP contribution in [0.5, 0.6) is 0 Å². The first-order chi connectivity index (χ1) is 10.0. The molecule has 1 aromatic carbocycles. The Morgan fingerprint density at radius 1 is 1.19 bits per heavy atom. The first-order valence-corrected chi connectivity index (χ1v) is 6.94. The largest absolute Gasteiger partial charge is 0.387 e. The van der Waals surface area contributed by atoms with Crippen molar-refractivity contribution in [3.63, 3.8) is 0 Å². The molecule has 0 saturated carbocycles. The van der Waals surface area contributed by atoms with Crippen LogP contribution in [0.25, 0.3) is 5.65 Å². The number of aliphatic hydroxyl groups excluding tert-OH is 1. The molecule has 0 fully saturated rings. The quantitative estimate of drug-likeness (QED) is 0.800. The molecule has 21 heavy (non-hydrogen) atoms. The lowest BCUT2D eigenvalue weighted by Crippen LogP contribution is -2.02. The molecule has 2 aromatic heterocycles. The zero-order chi connectivity index (χ0) is 15.0. The van der Waals surface area contributed by atoms with E-state index in [4.69, 9.17) is 0 Å². The number of hydrogen-bond acceptors (Lipinski definition) is 2. The van der Waals surface area contributed by atoms with Crippen LogP contribution in [0.2, 0.25) is 0 Å². The first kappa shape index (κ1) is 13.8. The maximum absolute atomic E-state index is 13.4. The number of halogens is 1. The van der Waals surface area contributed by atoms with Crippen molar-refractivity contribution in [2.75, 3.05) is 0 Å². The van der Waals surface area contributed by atoms with Gasteiger partial charge in [-0.05, 0) is 31.5 Å². The number of fused-ring (bicyclic) bond motifs is 1. The normalized spacial score (nSPS) is 12.8. The predicted molar refractivity (Wildman–Crippen MR) is 79.8 cm³/mol. The van der Waals surface area contributed by atoms with Crippen LogP contribution >= 0.6 is 0 Å². The van der Waals surface area contributed by atoms with Crippen molar-refractivity contribution in [2.45, 2.75) is 26.4 Å². The third kappa shape index (κ3) is 2.67. The van der Waals surface area contributed by atoms with Crippen LogP contribution in [-0.2, 0) is 6.42 Å². The fourth-order valence-corrected chi connectivity index (χ4v) is 2.56. The number of hydrogen-bond donors (Lipinski definition) is 1. The van der Waals surface area contributed by atoms with E-state index in [2.05, 4.69) is 4.98 Å². The number of imidazole rings is 1. The average Bonchev–Trinajstić information content (AvgIpc) is 2.78. The Kier molecular flexibility index (Phi) is 3.47. The van der Waals surface area contributed by atoms with E-state index in [9.17, 15) is 9.50 Å². The minimum absolute atomic E-state index is 0.344. The van der Waals surface area contributed by atoms with Gasteiger partial charge in [-0.3, -0.25) is 4.40 Å². The summed E-state index contributed by atoms with van der Waals surface area (Å²) in [6.45, 7) is 3.71. The molecule has 0 amide bonds. The summed E-state index contributed by atoms with van der Waals surface area (Å²) in [6, 6.07) is 11.2. The summed E-state index contributed by atoms with van der Waals surface area (Å²) in [6.07, 6.45) is 1.27. The SMILES string of the molecule is Cc1ccc(Cc2nc3ccc(F)cn3c2C(C)O)cc1. The number of aliphatic hydroxyl groups is 1. The monoisotopic (exact) mass is 284 g/mol. The zero-order valence-electron chi connectivity index (χ0n) is 12.0. The molecule has 0 aliphatic heterocycles. The molecule has 4 heteroatoms. The van der Waals surface area contributed by atoms with Gasteiger partial charge in [0.15, 0.2) is 0 Å². The van der Waals surface area contributed by atoms with Gasteiger partial charge >= 0.3 is 0 Å². The number of benzene rings is 1. The maximum atomic E-state index is 13.4. The Hall–Kier alpha value is -2.20. The molecule has 0 aliphatic rings. The molecule has 0 saturated heterocycles. The van der Waals surface area contributed by atoms with Crippen molar-refractivity contribution < 1.29 is 9.50 Å². The highest BCUT2D eigenvalue weighted by atomic mass is 19.1. The molecule has 1 unspecified atom stereocenters. The molecule has 3 aromatic rings. The van der Waals surface area contributed by atoms with Gasteiger partial charge in [-0.25, -0.2) is 9.37 Å². The summed E-state index contributed by atoms with van der Waals surface area (Å²) in [7, 11) is 0. The Balaban J connectivity index is 2.08. The highest BCUT2D eigenvalue weighted by Crippen LogP contribution is 2.23. The van der Waals surface area contributed by atoms with Crippen LogP contribution in [0, 0.1) is 12.7 Å². The van der Waals surface area contributed by atoms with Crippen molar-refractivity contribution >= 4 is 5.65 Å². The summed E-state index contributed by atoms with van der Waals surface area (Å²) < 4.78 is 15.1. The Morgan fingerprint density at radius 3 is 2.57 bits per heavy atom. The number of nitrogens with zero attached hydrogens (tertiary/aromatic N) is 2. The van der Waals surface area contributed by atoms with Gasteiger partial charge in [0.05, 0.1) is 17.5 Å². The van der Waals surface area contributed by atoms with E-state index in [1.807, 2.05) is 31.2 Å². The van der Waals surface area contributed by atoms with Crippen LogP contribution in [-0.4, -0.2) is 14.5 Å². The summed E-state index contributed by atoms with van der Waals surface area (Å²) >= 11 is 0. The van der Waals surface area contributed by atoms with Gasteiger partial charge in [0, 0.05) is 12.6 Å². The molecule has 108 valence electrons. The summed E-state index contributed by atoms with van der Waals surface area (Å²) in [5, 5.41) is 10.0. The van der Waals surface area contributed by atoms with Crippen LogP contribution in [0.3, 0.4) is 0 Å². The topological polar surface area (TPSA) is 37.5 Å². The minimum Gasteiger partial charge on any atom is -0.387 e. The maximum Gasteiger partial charge on any atom is 0.139 e. The molecule has 1 N–H and O–H groups in total. The van der Waals surface area contributed by atoms with Gasteiger partial charge < -0.3 is 5.11 Å². The van der Waals surface area contributed by atoms with Crippen LogP contribution in [0.1, 0.15) is 35.5 Å². The third-order valence-corrected chi connectivity index (χ3v) is 3.58. The zero-order valence-corrected chi connectivity index (χ0v) is 12.0. The van der Waals surface area contributed by atoms with Crippen molar-refractivity contribution in [3.05, 3.63) is 70.9 Å². The molecule has 3 nitrogen and oxygen atoms in total. The van der Waals surface area contributed by atoms with Gasteiger partial charge in [0.1, 0.15) is 11.5 Å². The average molecular weight is 284 g/mol. The first-order valence-electron chi connectivity index (χ1n) is 6.94. The number of aromatic nitrogens is 2. The molecule has 2 heterocycles. The van der Waals surface area contributed by atoms with E-state index in [1.54, 1.807) is 17.4 Å². The lowest BCUT2D eigenvalue weighted by Gasteiger charge is -2.08. The smallest absolute Gasteiger partial charge is 0.139 e. The molecule has 0 aliphatic carbocycles. The summed E-state index contributed by atoms with van der Waals surface area (Å²) in [5.41, 5.74) is 4.39. The van der Waals surface area contributed by atoms with Gasteiger partial charge in [0.25, 0.3) is 0 Å². The van der Waals surface area contributed by atoms with Crippen LogP contribution in [0.4, 0.5) is 4.39 Å². The Morgan fingerprint density at radius 2 is 1.90 bits per heavy atom. The Labute approximate surface area is 122 Å². The minimum atomic E-state index is -0.706. The van der Waals surface area contributed by atoms with Crippen molar-refractivity contribution in [3.8, 4) is 0 Å². The van der Waals surface area contributed by atoms with Crippen LogP contribution in [0.15, 0.2) is 42.6 Å². The number of pyridine rings is 1. The predicted octanol–water partition coefficient (Wildman–Crippen LogP) is 3.43. The van der Waals surface area contributed by atoms with Gasteiger partial charge in [-0.2, -0.15) is 0 Å². The second-order valence-electron chi connectivity index (χ2n) is 5.36. The molecule has 3 rings (SSSR count). The molecule has 0 spiro atoms. The van der Waals surface area contributed by atoms with E-state index < -0.39 is 6.10 Å². The molecule has 0 bridgehead atoms. The molecular weight excluding hydrogens is 267 g/mol. The molecule has 0 radical (unpaired) electrons. The summed E-state index contributed by atoms with van der Waals surface area (Å²) in [4.78, 5) is 4.53. The van der Waals surface area contributed by atoms with Crippen LogP contribution < -0.4 is 0 Å². The van der Waals surface area contributed by atoms with Crippen molar-refractivity contribution in [2.24, 2.45) is 0 Å². The van der Waals surface area contributed by atoms with Crippen molar-refractivity contribution in [1.29, 1.82) is 0 Å². The highest BCUT2D eigenvalue weighted by Gasteiger charge is 2.17. The van der Waals surface area contributed by atoms with Gasteiger partial charge in [-0.1, -0.05) is 29.8 Å². The van der Waals surface area contributed by atoms with E-state index in [1.165, 1.54) is 17.8 Å². The number of rotatable bonds is 3.